The molecule has 0 bridgehead atoms. The van der Waals surface area contributed by atoms with Gasteiger partial charge in [0.2, 0.25) is 0 Å². The lowest BCUT2D eigenvalue weighted by molar-refractivity contribution is -0.384. The fourth-order valence-corrected chi connectivity index (χ4v) is 2.67. The number of anilines is 1. The van der Waals surface area contributed by atoms with Crippen molar-refractivity contribution < 1.29 is 19.2 Å². The van der Waals surface area contributed by atoms with Gasteiger partial charge in [0.05, 0.1) is 12.0 Å². The van der Waals surface area contributed by atoms with Gasteiger partial charge in [0.15, 0.2) is 11.5 Å². The lowest BCUT2D eigenvalue weighted by atomic mass is 10.1. The summed E-state index contributed by atoms with van der Waals surface area (Å²) in [6.45, 7) is 2.39. The second-order valence-corrected chi connectivity index (χ2v) is 6.40. The summed E-state index contributed by atoms with van der Waals surface area (Å²) in [7, 11) is 1.50. The average molecular weight is 392 g/mol. The first-order chi connectivity index (χ1) is 14.0. The number of benzene rings is 3. The van der Waals surface area contributed by atoms with E-state index in [9.17, 15) is 14.9 Å². The van der Waals surface area contributed by atoms with E-state index in [0.717, 1.165) is 5.56 Å². The molecule has 0 aliphatic heterocycles. The smallest absolute Gasteiger partial charge is 0.271 e. The fraction of sp³-hybridized carbons (Fsp3) is 0.136. The molecule has 29 heavy (non-hydrogen) atoms. The number of hydrogen-bond acceptors (Lipinski definition) is 5. The van der Waals surface area contributed by atoms with Crippen molar-refractivity contribution in [2.24, 2.45) is 0 Å². The topological polar surface area (TPSA) is 90.7 Å². The van der Waals surface area contributed by atoms with Crippen LogP contribution in [0.3, 0.4) is 0 Å². The molecular weight excluding hydrogens is 372 g/mol. The SMILES string of the molecule is COc1cc(C(=O)Nc2cccc([N+](=O)[O-])c2)ccc1OCc1ccc(C)cc1. The lowest BCUT2D eigenvalue weighted by Gasteiger charge is -2.12. The zero-order chi connectivity index (χ0) is 20.8. The molecular formula is C22H20N2O5. The first-order valence-corrected chi connectivity index (χ1v) is 8.88. The Morgan fingerprint density at radius 2 is 1.79 bits per heavy atom. The quantitative estimate of drug-likeness (QED) is 0.463. The third-order valence-electron chi connectivity index (χ3n) is 4.26. The molecule has 0 saturated carbocycles. The first-order valence-electron chi connectivity index (χ1n) is 8.88. The number of nitro groups is 1. The number of methoxy groups -OCH3 is 1. The van der Waals surface area contributed by atoms with Crippen LogP contribution in [0.15, 0.2) is 66.7 Å². The molecule has 0 aromatic heterocycles. The second kappa shape index (κ2) is 8.88. The van der Waals surface area contributed by atoms with Gasteiger partial charge in [0.1, 0.15) is 6.61 Å². The number of aryl methyl sites for hydroxylation is 1. The van der Waals surface area contributed by atoms with Gasteiger partial charge in [-0.1, -0.05) is 35.9 Å². The standard InChI is InChI=1S/C22H20N2O5/c1-15-6-8-16(9-7-15)14-29-20-11-10-17(12-21(20)28-2)22(25)23-18-4-3-5-19(13-18)24(26)27/h3-13H,14H2,1-2H3,(H,23,25). The molecule has 0 unspecified atom stereocenters. The van der Waals surface area contributed by atoms with Crippen LogP contribution in [0.4, 0.5) is 11.4 Å². The predicted octanol–water partition coefficient (Wildman–Crippen LogP) is 4.74. The van der Waals surface area contributed by atoms with Crippen molar-refractivity contribution in [1.82, 2.24) is 0 Å². The Bertz CT molecular complexity index is 1030. The Hall–Kier alpha value is -3.87. The molecule has 0 fully saturated rings. The number of nitro benzene ring substituents is 1. The minimum Gasteiger partial charge on any atom is -0.493 e. The lowest BCUT2D eigenvalue weighted by Crippen LogP contribution is -2.12. The van der Waals surface area contributed by atoms with Gasteiger partial charge in [-0.25, -0.2) is 0 Å². The van der Waals surface area contributed by atoms with Crippen LogP contribution < -0.4 is 14.8 Å². The third-order valence-corrected chi connectivity index (χ3v) is 4.26. The fourth-order valence-electron chi connectivity index (χ4n) is 2.67. The summed E-state index contributed by atoms with van der Waals surface area (Å²) in [6, 6.07) is 18.6. The number of amides is 1. The largest absolute Gasteiger partial charge is 0.493 e. The average Bonchev–Trinajstić information content (AvgIpc) is 2.73. The minimum atomic E-state index is -0.515. The number of carbonyl (C=O) groups is 1. The summed E-state index contributed by atoms with van der Waals surface area (Å²) in [5, 5.41) is 13.5. The van der Waals surface area contributed by atoms with E-state index in [2.05, 4.69) is 5.32 Å². The molecule has 0 spiro atoms. The molecule has 0 aliphatic rings. The van der Waals surface area contributed by atoms with Crippen molar-refractivity contribution in [3.63, 3.8) is 0 Å². The van der Waals surface area contributed by atoms with Crippen molar-refractivity contribution in [1.29, 1.82) is 0 Å². The number of nitrogens with zero attached hydrogens (tertiary/aromatic N) is 1. The minimum absolute atomic E-state index is 0.0970. The number of hydrogen-bond donors (Lipinski definition) is 1. The van der Waals surface area contributed by atoms with E-state index in [4.69, 9.17) is 9.47 Å². The van der Waals surface area contributed by atoms with Gasteiger partial charge in [-0.05, 0) is 36.8 Å². The number of non-ortho nitro benzene ring substituents is 1. The maximum absolute atomic E-state index is 12.5. The van der Waals surface area contributed by atoms with Gasteiger partial charge in [0.25, 0.3) is 11.6 Å². The van der Waals surface area contributed by atoms with Crippen LogP contribution in [0, 0.1) is 17.0 Å². The number of ether oxygens (including phenoxy) is 2. The van der Waals surface area contributed by atoms with Crippen molar-refractivity contribution in [3.05, 3.63) is 93.5 Å². The van der Waals surface area contributed by atoms with Crippen molar-refractivity contribution >= 4 is 17.3 Å². The molecule has 0 heterocycles. The van der Waals surface area contributed by atoms with Gasteiger partial charge >= 0.3 is 0 Å². The van der Waals surface area contributed by atoms with Gasteiger partial charge in [0, 0.05) is 23.4 Å². The summed E-state index contributed by atoms with van der Waals surface area (Å²) in [5.41, 5.74) is 2.77. The number of carbonyl (C=O) groups excluding carboxylic acids is 1. The molecule has 7 heteroatoms. The highest BCUT2D eigenvalue weighted by molar-refractivity contribution is 6.04. The Kier molecular flexibility index (Phi) is 6.09. The van der Waals surface area contributed by atoms with E-state index in [0.29, 0.717) is 29.4 Å². The molecule has 0 atom stereocenters. The molecule has 1 amide bonds. The molecule has 3 aromatic rings. The second-order valence-electron chi connectivity index (χ2n) is 6.40. The van der Waals surface area contributed by atoms with Crippen molar-refractivity contribution in [2.75, 3.05) is 12.4 Å². The Labute approximate surface area is 168 Å². The maximum atomic E-state index is 12.5. The van der Waals surface area contributed by atoms with E-state index in [1.54, 1.807) is 24.3 Å². The normalized spacial score (nSPS) is 10.3. The van der Waals surface area contributed by atoms with Gasteiger partial charge < -0.3 is 14.8 Å². The van der Waals surface area contributed by atoms with E-state index in [-0.39, 0.29) is 5.69 Å². The van der Waals surface area contributed by atoms with Crippen LogP contribution in [0.5, 0.6) is 11.5 Å². The van der Waals surface area contributed by atoms with Crippen molar-refractivity contribution in [2.45, 2.75) is 13.5 Å². The highest BCUT2D eigenvalue weighted by Crippen LogP contribution is 2.29. The summed E-state index contributed by atoms with van der Waals surface area (Å²) in [4.78, 5) is 22.9. The predicted molar refractivity (Wildman–Crippen MR) is 110 cm³/mol. The maximum Gasteiger partial charge on any atom is 0.271 e. The first kappa shape index (κ1) is 19.9. The van der Waals surface area contributed by atoms with Crippen LogP contribution in [0.1, 0.15) is 21.5 Å². The molecule has 0 radical (unpaired) electrons. The highest BCUT2D eigenvalue weighted by atomic mass is 16.6. The molecule has 1 N–H and O–H groups in total. The zero-order valence-electron chi connectivity index (χ0n) is 16.0. The van der Waals surface area contributed by atoms with Crippen LogP contribution in [0.2, 0.25) is 0 Å². The summed E-state index contributed by atoms with van der Waals surface area (Å²) >= 11 is 0. The van der Waals surface area contributed by atoms with E-state index in [1.165, 1.54) is 30.9 Å². The van der Waals surface area contributed by atoms with Crippen LogP contribution >= 0.6 is 0 Å². The number of nitrogens with one attached hydrogen (secondary N) is 1. The zero-order valence-corrected chi connectivity index (χ0v) is 16.0. The van der Waals surface area contributed by atoms with E-state index in [1.807, 2.05) is 31.2 Å². The molecule has 0 aliphatic carbocycles. The van der Waals surface area contributed by atoms with E-state index >= 15 is 0 Å². The van der Waals surface area contributed by atoms with Gasteiger partial charge in [-0.3, -0.25) is 14.9 Å². The van der Waals surface area contributed by atoms with Gasteiger partial charge in [-0.2, -0.15) is 0 Å². The summed E-state index contributed by atoms with van der Waals surface area (Å²) in [5.74, 6) is 0.526. The Morgan fingerprint density at radius 3 is 2.48 bits per heavy atom. The summed E-state index contributed by atoms with van der Waals surface area (Å²) in [6.07, 6.45) is 0. The van der Waals surface area contributed by atoms with Crippen LogP contribution in [-0.2, 0) is 6.61 Å². The molecule has 3 rings (SSSR count). The molecule has 148 valence electrons. The molecule has 3 aromatic carbocycles. The molecule has 7 nitrogen and oxygen atoms in total. The Balaban J connectivity index is 1.72. The van der Waals surface area contributed by atoms with E-state index < -0.39 is 10.8 Å². The monoisotopic (exact) mass is 392 g/mol. The Morgan fingerprint density at radius 1 is 1.03 bits per heavy atom. The van der Waals surface area contributed by atoms with Crippen molar-refractivity contribution in [3.8, 4) is 11.5 Å². The van der Waals surface area contributed by atoms with Crippen LogP contribution in [-0.4, -0.2) is 17.9 Å². The van der Waals surface area contributed by atoms with Crippen LogP contribution in [0.25, 0.3) is 0 Å². The third kappa shape index (κ3) is 5.10. The highest BCUT2D eigenvalue weighted by Gasteiger charge is 2.13. The molecule has 0 saturated heterocycles. The number of rotatable bonds is 7. The summed E-state index contributed by atoms with van der Waals surface area (Å²) < 4.78 is 11.2. The van der Waals surface area contributed by atoms with Gasteiger partial charge in [-0.15, -0.1) is 0 Å².